The summed E-state index contributed by atoms with van der Waals surface area (Å²) < 4.78 is 7.10. The first kappa shape index (κ1) is 18.4. The minimum Gasteiger partial charge on any atom is -0.462 e. The maximum absolute atomic E-state index is 12.5. The number of hydrogen-bond donors (Lipinski definition) is 2. The van der Waals surface area contributed by atoms with Crippen LogP contribution in [0.4, 0.5) is 5.00 Å². The Kier molecular flexibility index (Phi) is 5.59. The number of anilines is 1. The molecule has 0 radical (unpaired) electrons. The molecule has 2 aromatic rings. The molecule has 0 bridgehead atoms. The van der Waals surface area contributed by atoms with Gasteiger partial charge in [-0.15, -0.1) is 11.3 Å². The van der Waals surface area contributed by atoms with Gasteiger partial charge in [-0.3, -0.25) is 14.3 Å². The van der Waals surface area contributed by atoms with E-state index in [-0.39, 0.29) is 22.0 Å². The molecule has 2 rings (SSSR count). The fourth-order valence-corrected chi connectivity index (χ4v) is 3.87. The van der Waals surface area contributed by atoms with Gasteiger partial charge >= 0.3 is 5.97 Å². The lowest BCUT2D eigenvalue weighted by molar-refractivity contribution is 0.0527. The molecule has 128 valence electrons. The molecule has 24 heavy (non-hydrogen) atoms. The molecule has 0 fully saturated rings. The Morgan fingerprint density at radius 2 is 2.12 bits per heavy atom. The first-order chi connectivity index (χ1) is 11.3. The standard InChI is InChI=1S/C14H15IN4O4S/c1-4-23-14(22)8-6(2)10(11(16)20)24-13(8)18-12(21)9-7(15)5-17-19(9)3/h5H,4H2,1-3H3,(H2,16,20)(H,18,21). The molecule has 2 amide bonds. The highest BCUT2D eigenvalue weighted by atomic mass is 127. The lowest BCUT2D eigenvalue weighted by Gasteiger charge is -2.07. The van der Waals surface area contributed by atoms with E-state index in [1.807, 2.05) is 22.6 Å². The average molecular weight is 462 g/mol. The van der Waals surface area contributed by atoms with E-state index in [0.717, 1.165) is 11.3 Å². The predicted molar refractivity (Wildman–Crippen MR) is 97.4 cm³/mol. The number of aromatic nitrogens is 2. The number of primary amides is 1. The van der Waals surface area contributed by atoms with Crippen LogP contribution in [0, 0.1) is 10.5 Å². The number of nitrogens with zero attached hydrogens (tertiary/aromatic N) is 2. The number of hydrogen-bond acceptors (Lipinski definition) is 6. The topological polar surface area (TPSA) is 116 Å². The quantitative estimate of drug-likeness (QED) is 0.521. The van der Waals surface area contributed by atoms with Crippen molar-refractivity contribution in [1.29, 1.82) is 0 Å². The number of ether oxygens (including phenoxy) is 1. The van der Waals surface area contributed by atoms with Gasteiger partial charge in [0, 0.05) is 7.05 Å². The van der Waals surface area contributed by atoms with Crippen LogP contribution < -0.4 is 11.1 Å². The van der Waals surface area contributed by atoms with E-state index < -0.39 is 17.8 Å². The van der Waals surface area contributed by atoms with Crippen molar-refractivity contribution in [2.45, 2.75) is 13.8 Å². The van der Waals surface area contributed by atoms with Crippen molar-refractivity contribution in [3.05, 3.63) is 31.5 Å². The number of carbonyl (C=O) groups is 3. The smallest absolute Gasteiger partial charge is 0.341 e. The molecule has 2 aromatic heterocycles. The van der Waals surface area contributed by atoms with Gasteiger partial charge in [0.1, 0.15) is 10.7 Å². The van der Waals surface area contributed by atoms with Gasteiger partial charge in [-0.1, -0.05) is 0 Å². The van der Waals surface area contributed by atoms with E-state index in [1.54, 1.807) is 27.1 Å². The summed E-state index contributed by atoms with van der Waals surface area (Å²) in [7, 11) is 1.64. The van der Waals surface area contributed by atoms with Crippen LogP contribution in [-0.4, -0.2) is 34.2 Å². The summed E-state index contributed by atoms with van der Waals surface area (Å²) in [5.74, 6) is -1.73. The van der Waals surface area contributed by atoms with Crippen LogP contribution in [0.1, 0.15) is 43.0 Å². The molecule has 0 spiro atoms. The average Bonchev–Trinajstić information content (AvgIpc) is 2.99. The van der Waals surface area contributed by atoms with Crippen LogP contribution in [-0.2, 0) is 11.8 Å². The normalized spacial score (nSPS) is 10.5. The summed E-state index contributed by atoms with van der Waals surface area (Å²) >= 11 is 2.94. The van der Waals surface area contributed by atoms with Crippen LogP contribution >= 0.6 is 33.9 Å². The maximum Gasteiger partial charge on any atom is 0.341 e. The fraction of sp³-hybridized carbons (Fsp3) is 0.286. The van der Waals surface area contributed by atoms with Gasteiger partial charge in [-0.05, 0) is 42.0 Å². The number of esters is 1. The second kappa shape index (κ2) is 7.30. The first-order valence-electron chi connectivity index (χ1n) is 6.87. The SMILES string of the molecule is CCOC(=O)c1c(NC(=O)c2c(I)cnn2C)sc(C(N)=O)c1C. The molecule has 0 saturated carbocycles. The van der Waals surface area contributed by atoms with E-state index in [9.17, 15) is 14.4 Å². The lowest BCUT2D eigenvalue weighted by atomic mass is 10.1. The number of rotatable bonds is 5. The summed E-state index contributed by atoms with van der Waals surface area (Å²) in [4.78, 5) is 36.4. The van der Waals surface area contributed by atoms with Crippen LogP contribution in [0.3, 0.4) is 0 Å². The third-order valence-corrected chi connectivity index (χ3v) is 5.20. The molecule has 0 aliphatic rings. The largest absolute Gasteiger partial charge is 0.462 e. The number of amides is 2. The van der Waals surface area contributed by atoms with Crippen LogP contribution in [0.15, 0.2) is 6.20 Å². The molecule has 2 heterocycles. The summed E-state index contributed by atoms with van der Waals surface area (Å²) in [5, 5.41) is 6.88. The van der Waals surface area contributed by atoms with Crippen molar-refractivity contribution >= 4 is 56.7 Å². The minimum atomic E-state index is -0.668. The molecule has 10 heteroatoms. The van der Waals surface area contributed by atoms with Gasteiger partial charge in [0.15, 0.2) is 0 Å². The number of carbonyl (C=O) groups excluding carboxylic acids is 3. The molecule has 0 unspecified atom stereocenters. The van der Waals surface area contributed by atoms with E-state index >= 15 is 0 Å². The predicted octanol–water partition coefficient (Wildman–Crippen LogP) is 1.92. The Balaban J connectivity index is 2.46. The first-order valence-corrected chi connectivity index (χ1v) is 8.76. The Morgan fingerprint density at radius 1 is 1.46 bits per heavy atom. The highest BCUT2D eigenvalue weighted by Gasteiger charge is 2.27. The number of aryl methyl sites for hydroxylation is 1. The number of nitrogens with two attached hydrogens (primary N) is 1. The lowest BCUT2D eigenvalue weighted by Crippen LogP contribution is -2.18. The van der Waals surface area contributed by atoms with Crippen LogP contribution in [0.25, 0.3) is 0 Å². The van der Waals surface area contributed by atoms with Crippen molar-refractivity contribution in [2.75, 3.05) is 11.9 Å². The highest BCUT2D eigenvalue weighted by Crippen LogP contribution is 2.34. The fourth-order valence-electron chi connectivity index (χ4n) is 2.11. The molecule has 0 aromatic carbocycles. The van der Waals surface area contributed by atoms with E-state index in [2.05, 4.69) is 10.4 Å². The summed E-state index contributed by atoms with van der Waals surface area (Å²) in [6, 6.07) is 0. The Hall–Kier alpha value is -1.95. The monoisotopic (exact) mass is 462 g/mol. The number of nitrogens with one attached hydrogen (secondary N) is 1. The zero-order chi connectivity index (χ0) is 18.0. The molecular formula is C14H15IN4O4S. The Labute approximate surface area is 155 Å². The van der Waals surface area contributed by atoms with Crippen molar-refractivity contribution < 1.29 is 19.1 Å². The summed E-state index contributed by atoms with van der Waals surface area (Å²) in [6.45, 7) is 3.43. The molecule has 8 nitrogen and oxygen atoms in total. The molecule has 0 aliphatic carbocycles. The van der Waals surface area contributed by atoms with Gasteiger partial charge in [0.05, 0.1) is 26.8 Å². The molecule has 0 aliphatic heterocycles. The van der Waals surface area contributed by atoms with Crippen molar-refractivity contribution in [1.82, 2.24) is 9.78 Å². The van der Waals surface area contributed by atoms with Crippen molar-refractivity contribution in [3.8, 4) is 0 Å². The van der Waals surface area contributed by atoms with Crippen molar-refractivity contribution in [2.24, 2.45) is 12.8 Å². The van der Waals surface area contributed by atoms with E-state index in [0.29, 0.717) is 14.8 Å². The molecular weight excluding hydrogens is 447 g/mol. The third kappa shape index (κ3) is 3.43. The van der Waals surface area contributed by atoms with Gasteiger partial charge in [-0.25, -0.2) is 4.79 Å². The van der Waals surface area contributed by atoms with E-state index in [1.165, 1.54) is 4.68 Å². The van der Waals surface area contributed by atoms with Gasteiger partial charge in [0.2, 0.25) is 0 Å². The van der Waals surface area contributed by atoms with Gasteiger partial charge in [-0.2, -0.15) is 5.10 Å². The molecule has 0 saturated heterocycles. The van der Waals surface area contributed by atoms with Crippen molar-refractivity contribution in [3.63, 3.8) is 0 Å². The number of halogens is 1. The summed E-state index contributed by atoms with van der Waals surface area (Å²) in [6.07, 6.45) is 1.55. The maximum atomic E-state index is 12.5. The van der Waals surface area contributed by atoms with Crippen LogP contribution in [0.2, 0.25) is 0 Å². The summed E-state index contributed by atoms with van der Waals surface area (Å²) in [5.41, 5.74) is 6.21. The second-order valence-electron chi connectivity index (χ2n) is 4.76. The zero-order valence-electron chi connectivity index (χ0n) is 13.2. The zero-order valence-corrected chi connectivity index (χ0v) is 16.1. The second-order valence-corrected chi connectivity index (χ2v) is 6.95. The Bertz CT molecular complexity index is 808. The minimum absolute atomic E-state index is 0.140. The van der Waals surface area contributed by atoms with Gasteiger partial charge < -0.3 is 15.8 Å². The Morgan fingerprint density at radius 3 is 2.62 bits per heavy atom. The molecule has 0 atom stereocenters. The number of thiophene rings is 1. The van der Waals surface area contributed by atoms with E-state index in [4.69, 9.17) is 10.5 Å². The van der Waals surface area contributed by atoms with Gasteiger partial charge in [0.25, 0.3) is 11.8 Å². The third-order valence-electron chi connectivity index (χ3n) is 3.19. The molecule has 3 N–H and O–H groups in total. The van der Waals surface area contributed by atoms with Crippen LogP contribution in [0.5, 0.6) is 0 Å². The highest BCUT2D eigenvalue weighted by molar-refractivity contribution is 14.1.